The molecule has 3 atom stereocenters. The second-order valence-electron chi connectivity index (χ2n) is 10.1. The van der Waals surface area contributed by atoms with Crippen molar-refractivity contribution in [3.63, 3.8) is 0 Å². The highest BCUT2D eigenvalue weighted by Gasteiger charge is 2.41. The summed E-state index contributed by atoms with van der Waals surface area (Å²) in [6.45, 7) is 7.92. The SMILES string of the molecule is Cc1nn(S(C)(=O)=O)c2c1CN([C@H]1CO[C@H](c3cc(F)ccc3F)[C@@H](NC(=O)OC(C)(C)C)C1)C2. The third-order valence-electron chi connectivity index (χ3n) is 6.13. The van der Waals surface area contributed by atoms with E-state index in [-0.39, 0.29) is 18.2 Å². The zero-order chi connectivity index (χ0) is 25.7. The molecule has 2 aliphatic heterocycles. The molecule has 192 valence electrons. The first-order chi connectivity index (χ1) is 16.2. The summed E-state index contributed by atoms with van der Waals surface area (Å²) >= 11 is 0. The van der Waals surface area contributed by atoms with E-state index in [0.717, 1.165) is 34.1 Å². The molecule has 1 N–H and O–H groups in total. The molecule has 0 bridgehead atoms. The van der Waals surface area contributed by atoms with Crippen molar-refractivity contribution in [2.24, 2.45) is 0 Å². The fourth-order valence-electron chi connectivity index (χ4n) is 4.63. The first-order valence-electron chi connectivity index (χ1n) is 11.3. The summed E-state index contributed by atoms with van der Waals surface area (Å²) in [6.07, 6.45) is -0.157. The molecular formula is C23H30F2N4O5S. The maximum Gasteiger partial charge on any atom is 0.407 e. The zero-order valence-corrected chi connectivity index (χ0v) is 21.2. The Balaban J connectivity index is 1.58. The number of alkyl carbamates (subject to hydrolysis) is 1. The molecule has 2 aromatic rings. The summed E-state index contributed by atoms with van der Waals surface area (Å²) in [5.74, 6) is -1.25. The van der Waals surface area contributed by atoms with Crippen LogP contribution in [0.1, 0.15) is 55.8 Å². The maximum absolute atomic E-state index is 14.6. The Hall–Kier alpha value is -2.57. The average Bonchev–Trinajstić information content (AvgIpc) is 3.29. The van der Waals surface area contributed by atoms with Crippen molar-refractivity contribution >= 4 is 16.1 Å². The molecule has 35 heavy (non-hydrogen) atoms. The van der Waals surface area contributed by atoms with E-state index in [1.807, 2.05) is 4.90 Å². The standard InChI is InChI=1S/C23H30F2N4O5S/c1-13-17-10-28(11-20(17)29(27-13)35(5,31)32)15-9-19(26-22(30)34-23(2,3)4)21(33-12-15)16-8-14(24)6-7-18(16)25/h6-8,15,19,21H,9-12H2,1-5H3,(H,26,30)/t15-,19+,21-/m1/s1. The molecular weight excluding hydrogens is 482 g/mol. The minimum absolute atomic E-state index is 0.0118. The van der Waals surface area contributed by atoms with E-state index >= 15 is 0 Å². The lowest BCUT2D eigenvalue weighted by Gasteiger charge is -2.40. The van der Waals surface area contributed by atoms with Gasteiger partial charge in [-0.05, 0) is 52.3 Å². The van der Waals surface area contributed by atoms with Gasteiger partial charge in [-0.2, -0.15) is 9.19 Å². The zero-order valence-electron chi connectivity index (χ0n) is 20.3. The Morgan fingerprint density at radius 2 is 1.97 bits per heavy atom. The molecule has 12 heteroatoms. The van der Waals surface area contributed by atoms with E-state index in [4.69, 9.17) is 9.47 Å². The second kappa shape index (κ2) is 9.14. The number of aryl methyl sites for hydroxylation is 1. The van der Waals surface area contributed by atoms with Crippen LogP contribution < -0.4 is 5.32 Å². The molecule has 1 aromatic heterocycles. The van der Waals surface area contributed by atoms with Crippen molar-refractivity contribution in [3.8, 4) is 0 Å². The molecule has 1 saturated heterocycles. The number of carbonyl (C=O) groups is 1. The molecule has 1 amide bonds. The predicted molar refractivity (Wildman–Crippen MR) is 123 cm³/mol. The van der Waals surface area contributed by atoms with Crippen molar-refractivity contribution in [1.29, 1.82) is 0 Å². The number of rotatable bonds is 4. The highest BCUT2D eigenvalue weighted by Crippen LogP contribution is 2.36. The minimum atomic E-state index is -3.56. The number of hydrogen-bond acceptors (Lipinski definition) is 7. The Morgan fingerprint density at radius 3 is 2.63 bits per heavy atom. The highest BCUT2D eigenvalue weighted by molar-refractivity contribution is 7.89. The monoisotopic (exact) mass is 512 g/mol. The van der Waals surface area contributed by atoms with Gasteiger partial charge in [0.05, 0.1) is 30.3 Å². The summed E-state index contributed by atoms with van der Waals surface area (Å²) < 4.78 is 65.3. The number of aromatic nitrogens is 2. The van der Waals surface area contributed by atoms with Crippen molar-refractivity contribution in [3.05, 3.63) is 52.3 Å². The minimum Gasteiger partial charge on any atom is -0.444 e. The molecule has 2 aliphatic rings. The fourth-order valence-corrected chi connectivity index (χ4v) is 5.47. The van der Waals surface area contributed by atoms with E-state index in [9.17, 15) is 22.0 Å². The Kier molecular flexibility index (Phi) is 6.66. The molecule has 0 aliphatic carbocycles. The normalized spacial score (nSPS) is 23.2. The lowest BCUT2D eigenvalue weighted by atomic mass is 9.92. The van der Waals surface area contributed by atoms with Crippen LogP contribution in [-0.4, -0.2) is 59.1 Å². The summed E-state index contributed by atoms with van der Waals surface area (Å²) in [4.78, 5) is 14.6. The van der Waals surface area contributed by atoms with Gasteiger partial charge in [0.1, 0.15) is 23.3 Å². The van der Waals surface area contributed by atoms with Gasteiger partial charge in [0.15, 0.2) is 0 Å². The lowest BCUT2D eigenvalue weighted by molar-refractivity contribution is -0.0629. The van der Waals surface area contributed by atoms with Gasteiger partial charge in [-0.3, -0.25) is 4.90 Å². The summed E-state index contributed by atoms with van der Waals surface area (Å²) in [5, 5.41) is 6.93. The van der Waals surface area contributed by atoms with Gasteiger partial charge in [0.2, 0.25) is 0 Å². The molecule has 0 radical (unpaired) electrons. The summed E-state index contributed by atoms with van der Waals surface area (Å²) in [7, 11) is -3.56. The molecule has 1 aromatic carbocycles. The highest BCUT2D eigenvalue weighted by atomic mass is 32.2. The van der Waals surface area contributed by atoms with Crippen molar-refractivity contribution < 1.29 is 31.5 Å². The number of hydrogen-bond donors (Lipinski definition) is 1. The summed E-state index contributed by atoms with van der Waals surface area (Å²) in [5.41, 5.74) is 1.33. The average molecular weight is 513 g/mol. The van der Waals surface area contributed by atoms with Crippen LogP contribution in [0.15, 0.2) is 18.2 Å². The number of carbonyl (C=O) groups excluding carboxylic acids is 1. The van der Waals surface area contributed by atoms with Crippen LogP contribution in [0.2, 0.25) is 0 Å². The maximum atomic E-state index is 14.6. The number of amides is 1. The summed E-state index contributed by atoms with van der Waals surface area (Å²) in [6, 6.07) is 2.19. The molecule has 0 unspecified atom stereocenters. The van der Waals surface area contributed by atoms with Gasteiger partial charge in [0.25, 0.3) is 10.0 Å². The number of benzene rings is 1. The van der Waals surface area contributed by atoms with E-state index in [1.54, 1.807) is 27.7 Å². The predicted octanol–water partition coefficient (Wildman–Crippen LogP) is 3.02. The molecule has 4 rings (SSSR count). The second-order valence-corrected chi connectivity index (χ2v) is 11.9. The van der Waals surface area contributed by atoms with E-state index in [2.05, 4.69) is 10.4 Å². The molecule has 1 fully saturated rings. The Labute approximate surface area is 203 Å². The molecule has 3 heterocycles. The van der Waals surface area contributed by atoms with Gasteiger partial charge in [-0.25, -0.2) is 22.0 Å². The number of nitrogens with zero attached hydrogens (tertiary/aromatic N) is 3. The number of fused-ring (bicyclic) bond motifs is 1. The molecule has 0 saturated carbocycles. The van der Waals surface area contributed by atoms with Crippen LogP contribution in [0, 0.1) is 18.6 Å². The number of halogens is 2. The van der Waals surface area contributed by atoms with Crippen LogP contribution in [-0.2, 0) is 32.6 Å². The van der Waals surface area contributed by atoms with Crippen LogP contribution in [0.4, 0.5) is 13.6 Å². The Morgan fingerprint density at radius 1 is 1.26 bits per heavy atom. The van der Waals surface area contributed by atoms with Gasteiger partial charge in [-0.15, -0.1) is 0 Å². The van der Waals surface area contributed by atoms with E-state index in [0.29, 0.717) is 30.9 Å². The molecule has 0 spiro atoms. The number of nitrogens with one attached hydrogen (secondary N) is 1. The van der Waals surface area contributed by atoms with Gasteiger partial charge >= 0.3 is 6.09 Å². The van der Waals surface area contributed by atoms with Crippen molar-refractivity contribution in [2.75, 3.05) is 12.9 Å². The van der Waals surface area contributed by atoms with Crippen molar-refractivity contribution in [1.82, 2.24) is 19.4 Å². The van der Waals surface area contributed by atoms with E-state index in [1.165, 1.54) is 0 Å². The van der Waals surface area contributed by atoms with Crippen LogP contribution in [0.25, 0.3) is 0 Å². The quantitative estimate of drug-likeness (QED) is 0.672. The van der Waals surface area contributed by atoms with E-state index < -0.39 is 45.5 Å². The third-order valence-corrected chi connectivity index (χ3v) is 7.06. The van der Waals surface area contributed by atoms with Crippen LogP contribution >= 0.6 is 0 Å². The van der Waals surface area contributed by atoms with Gasteiger partial charge in [-0.1, -0.05) is 0 Å². The lowest BCUT2D eigenvalue weighted by Crippen LogP contribution is -2.52. The Bertz CT molecular complexity index is 1240. The molecule has 9 nitrogen and oxygen atoms in total. The first kappa shape index (κ1) is 25.5. The first-order valence-corrected chi connectivity index (χ1v) is 13.2. The largest absolute Gasteiger partial charge is 0.444 e. The topological polar surface area (TPSA) is 103 Å². The number of ether oxygens (including phenoxy) is 2. The fraction of sp³-hybridized carbons (Fsp3) is 0.565. The van der Waals surface area contributed by atoms with Gasteiger partial charge < -0.3 is 14.8 Å². The third kappa shape index (κ3) is 5.49. The van der Waals surface area contributed by atoms with Crippen LogP contribution in [0.3, 0.4) is 0 Å². The smallest absolute Gasteiger partial charge is 0.407 e. The van der Waals surface area contributed by atoms with Gasteiger partial charge in [0, 0.05) is 30.3 Å². The van der Waals surface area contributed by atoms with Crippen molar-refractivity contribution in [2.45, 2.75) is 71.0 Å². The van der Waals surface area contributed by atoms with Crippen LogP contribution in [0.5, 0.6) is 0 Å².